The summed E-state index contributed by atoms with van der Waals surface area (Å²) in [7, 11) is 1.62. The van der Waals surface area contributed by atoms with Gasteiger partial charge < -0.3 is 4.74 Å². The monoisotopic (exact) mass is 215 g/mol. The summed E-state index contributed by atoms with van der Waals surface area (Å²) in [6, 6.07) is 3.84. The van der Waals surface area contributed by atoms with E-state index in [-0.39, 0.29) is 0 Å². The summed E-state index contributed by atoms with van der Waals surface area (Å²) in [5, 5.41) is 0. The van der Waals surface area contributed by atoms with Gasteiger partial charge in [0.15, 0.2) is 0 Å². The molecule has 0 aliphatic rings. The molecule has 1 heterocycles. The lowest BCUT2D eigenvalue weighted by Gasteiger charge is -2.01. The molecule has 0 aromatic carbocycles. The first kappa shape index (κ1) is 8.53. The van der Waals surface area contributed by atoms with Crippen molar-refractivity contribution in [3.05, 3.63) is 22.3 Å². The summed E-state index contributed by atoms with van der Waals surface area (Å²) in [6.45, 7) is 2.06. The number of hydrogen-bond donors (Lipinski definition) is 0. The molecule has 0 saturated heterocycles. The molecule has 1 aromatic heterocycles. The Morgan fingerprint density at radius 1 is 1.55 bits per heavy atom. The molecule has 0 aliphatic heterocycles. The second-order valence-electron chi connectivity index (χ2n) is 2.17. The van der Waals surface area contributed by atoms with Gasteiger partial charge in [-0.3, -0.25) is 0 Å². The molecular formula is C8H10BrNO. The van der Waals surface area contributed by atoms with Gasteiger partial charge in [-0.15, -0.1) is 0 Å². The van der Waals surface area contributed by atoms with Crippen LogP contribution in [-0.4, -0.2) is 12.1 Å². The SMILES string of the molecule is CCc1cc(Br)cc(OC)n1. The number of hydrogen-bond acceptors (Lipinski definition) is 2. The number of methoxy groups -OCH3 is 1. The average Bonchev–Trinajstić information content (AvgIpc) is 2.03. The van der Waals surface area contributed by atoms with Crippen LogP contribution in [0.5, 0.6) is 5.88 Å². The van der Waals surface area contributed by atoms with Crippen LogP contribution in [0, 0.1) is 0 Å². The molecule has 0 bridgehead atoms. The summed E-state index contributed by atoms with van der Waals surface area (Å²) in [5.41, 5.74) is 1.04. The third-order valence-electron chi connectivity index (χ3n) is 1.39. The summed E-state index contributed by atoms with van der Waals surface area (Å²) >= 11 is 3.37. The van der Waals surface area contributed by atoms with Crippen molar-refractivity contribution in [1.82, 2.24) is 4.98 Å². The number of halogens is 1. The van der Waals surface area contributed by atoms with Gasteiger partial charge in [0.25, 0.3) is 0 Å². The van der Waals surface area contributed by atoms with Gasteiger partial charge in [-0.25, -0.2) is 4.98 Å². The Bertz CT molecular complexity index is 228. The largest absolute Gasteiger partial charge is 0.481 e. The Morgan fingerprint density at radius 2 is 2.27 bits per heavy atom. The zero-order chi connectivity index (χ0) is 8.27. The fourth-order valence-corrected chi connectivity index (χ4v) is 1.27. The quantitative estimate of drug-likeness (QED) is 0.757. The molecule has 2 nitrogen and oxygen atoms in total. The molecule has 1 aromatic rings. The number of aryl methyl sites for hydroxylation is 1. The van der Waals surface area contributed by atoms with Crippen molar-refractivity contribution in [2.75, 3.05) is 7.11 Å². The third kappa shape index (κ3) is 2.19. The van der Waals surface area contributed by atoms with Crippen molar-refractivity contribution in [2.24, 2.45) is 0 Å². The van der Waals surface area contributed by atoms with Gasteiger partial charge in [0.05, 0.1) is 7.11 Å². The van der Waals surface area contributed by atoms with E-state index in [1.165, 1.54) is 0 Å². The van der Waals surface area contributed by atoms with Crippen LogP contribution < -0.4 is 4.74 Å². The molecule has 0 atom stereocenters. The molecule has 60 valence electrons. The molecule has 0 unspecified atom stereocenters. The van der Waals surface area contributed by atoms with Gasteiger partial charge in [-0.2, -0.15) is 0 Å². The molecule has 0 aliphatic carbocycles. The first-order valence-electron chi connectivity index (χ1n) is 3.46. The van der Waals surface area contributed by atoms with Gasteiger partial charge in [0, 0.05) is 16.2 Å². The van der Waals surface area contributed by atoms with E-state index < -0.39 is 0 Å². The minimum Gasteiger partial charge on any atom is -0.481 e. The Balaban J connectivity index is 3.02. The van der Waals surface area contributed by atoms with Gasteiger partial charge in [-0.05, 0) is 12.5 Å². The zero-order valence-corrected chi connectivity index (χ0v) is 8.18. The van der Waals surface area contributed by atoms with Crippen LogP contribution in [0.2, 0.25) is 0 Å². The molecule has 1 rings (SSSR count). The lowest BCUT2D eigenvalue weighted by Crippen LogP contribution is -1.91. The molecular weight excluding hydrogens is 206 g/mol. The van der Waals surface area contributed by atoms with Crippen molar-refractivity contribution in [3.63, 3.8) is 0 Å². The predicted molar refractivity (Wildman–Crippen MR) is 47.9 cm³/mol. The zero-order valence-electron chi connectivity index (χ0n) is 6.60. The van der Waals surface area contributed by atoms with E-state index in [4.69, 9.17) is 4.74 Å². The van der Waals surface area contributed by atoms with Crippen molar-refractivity contribution in [1.29, 1.82) is 0 Å². The molecule has 3 heteroatoms. The topological polar surface area (TPSA) is 22.1 Å². The van der Waals surface area contributed by atoms with Crippen LogP contribution >= 0.6 is 15.9 Å². The van der Waals surface area contributed by atoms with Crippen molar-refractivity contribution in [2.45, 2.75) is 13.3 Å². The molecule has 0 N–H and O–H groups in total. The number of nitrogens with zero attached hydrogens (tertiary/aromatic N) is 1. The fraction of sp³-hybridized carbons (Fsp3) is 0.375. The van der Waals surface area contributed by atoms with Crippen LogP contribution in [0.25, 0.3) is 0 Å². The molecule has 0 amide bonds. The molecule has 0 spiro atoms. The average molecular weight is 216 g/mol. The van der Waals surface area contributed by atoms with Crippen LogP contribution in [0.3, 0.4) is 0 Å². The summed E-state index contributed by atoms with van der Waals surface area (Å²) in [4.78, 5) is 4.22. The normalized spacial score (nSPS) is 9.73. The second kappa shape index (κ2) is 3.72. The minimum absolute atomic E-state index is 0.663. The van der Waals surface area contributed by atoms with Crippen molar-refractivity contribution >= 4 is 15.9 Å². The highest BCUT2D eigenvalue weighted by molar-refractivity contribution is 9.10. The first-order chi connectivity index (χ1) is 5.26. The maximum absolute atomic E-state index is 5.00. The summed E-state index contributed by atoms with van der Waals surface area (Å²) in [6.07, 6.45) is 0.926. The smallest absolute Gasteiger partial charge is 0.214 e. The van der Waals surface area contributed by atoms with E-state index in [9.17, 15) is 0 Å². The second-order valence-corrected chi connectivity index (χ2v) is 3.09. The predicted octanol–water partition coefficient (Wildman–Crippen LogP) is 2.42. The first-order valence-corrected chi connectivity index (χ1v) is 4.26. The maximum atomic E-state index is 5.00. The van der Waals surface area contributed by atoms with E-state index in [1.807, 2.05) is 12.1 Å². The highest BCUT2D eigenvalue weighted by Crippen LogP contribution is 2.17. The van der Waals surface area contributed by atoms with Gasteiger partial charge in [0.1, 0.15) is 0 Å². The van der Waals surface area contributed by atoms with Crippen molar-refractivity contribution < 1.29 is 4.74 Å². The highest BCUT2D eigenvalue weighted by atomic mass is 79.9. The summed E-state index contributed by atoms with van der Waals surface area (Å²) < 4.78 is 6.01. The van der Waals surface area contributed by atoms with E-state index in [0.29, 0.717) is 5.88 Å². The Labute approximate surface area is 74.7 Å². The molecule has 0 radical (unpaired) electrons. The number of ether oxygens (including phenoxy) is 1. The lowest BCUT2D eigenvalue weighted by molar-refractivity contribution is 0.396. The van der Waals surface area contributed by atoms with Gasteiger partial charge in [-0.1, -0.05) is 22.9 Å². The van der Waals surface area contributed by atoms with Crippen LogP contribution in [-0.2, 0) is 6.42 Å². The fourth-order valence-electron chi connectivity index (χ4n) is 0.811. The van der Waals surface area contributed by atoms with E-state index in [1.54, 1.807) is 7.11 Å². The maximum Gasteiger partial charge on any atom is 0.214 e. The van der Waals surface area contributed by atoms with Crippen LogP contribution in [0.15, 0.2) is 16.6 Å². The van der Waals surface area contributed by atoms with Crippen molar-refractivity contribution in [3.8, 4) is 5.88 Å². The lowest BCUT2D eigenvalue weighted by atomic mass is 10.3. The van der Waals surface area contributed by atoms with Crippen LogP contribution in [0.1, 0.15) is 12.6 Å². The number of aromatic nitrogens is 1. The molecule has 11 heavy (non-hydrogen) atoms. The molecule has 0 saturated carbocycles. The summed E-state index contributed by atoms with van der Waals surface area (Å²) in [5.74, 6) is 0.663. The van der Waals surface area contributed by atoms with Gasteiger partial charge in [0.2, 0.25) is 5.88 Å². The minimum atomic E-state index is 0.663. The molecule has 0 fully saturated rings. The standard InChI is InChI=1S/C8H10BrNO/c1-3-7-4-6(9)5-8(10-7)11-2/h4-5H,3H2,1-2H3. The van der Waals surface area contributed by atoms with Crippen LogP contribution in [0.4, 0.5) is 0 Å². The Morgan fingerprint density at radius 3 is 2.82 bits per heavy atom. The third-order valence-corrected chi connectivity index (χ3v) is 1.85. The van der Waals surface area contributed by atoms with Gasteiger partial charge >= 0.3 is 0 Å². The van der Waals surface area contributed by atoms with E-state index in [0.717, 1.165) is 16.6 Å². The Kier molecular flexibility index (Phi) is 2.88. The number of pyridine rings is 1. The van der Waals surface area contributed by atoms with E-state index in [2.05, 4.69) is 27.8 Å². The highest BCUT2D eigenvalue weighted by Gasteiger charge is 1.97. The Hall–Kier alpha value is -0.570. The number of rotatable bonds is 2. The van der Waals surface area contributed by atoms with E-state index >= 15 is 0 Å².